The molecule has 5 nitrogen and oxygen atoms in total. The summed E-state index contributed by atoms with van der Waals surface area (Å²) in [6.07, 6.45) is 2.31. The molecule has 0 unspecified atom stereocenters. The maximum Gasteiger partial charge on any atom is 0.274 e. The molecule has 1 aromatic heterocycles. The third-order valence-electron chi connectivity index (χ3n) is 3.44. The molecule has 0 atom stereocenters. The van der Waals surface area contributed by atoms with Crippen LogP contribution in [0.4, 0.5) is 5.69 Å². The van der Waals surface area contributed by atoms with E-state index in [-0.39, 0.29) is 11.6 Å². The number of hydrogen-bond acceptors (Lipinski definition) is 3. The zero-order chi connectivity index (χ0) is 18.4. The van der Waals surface area contributed by atoms with E-state index in [1.807, 2.05) is 0 Å². The molecule has 7 heteroatoms. The van der Waals surface area contributed by atoms with Gasteiger partial charge in [-0.3, -0.25) is 14.6 Å². The average Bonchev–Trinajstić information content (AvgIpc) is 2.57. The number of carbonyl (C=O) groups is 2. The summed E-state index contributed by atoms with van der Waals surface area (Å²) in [5.41, 5.74) is 0.929. The molecule has 0 spiro atoms. The smallest absolute Gasteiger partial charge is 0.274 e. The van der Waals surface area contributed by atoms with E-state index in [4.69, 9.17) is 23.2 Å². The van der Waals surface area contributed by atoms with E-state index in [0.29, 0.717) is 33.8 Å². The third kappa shape index (κ3) is 5.73. The number of carbonyl (C=O) groups excluding carboxylic acids is 2. The molecule has 0 aliphatic carbocycles. The molecule has 0 saturated carbocycles. The van der Waals surface area contributed by atoms with Crippen LogP contribution in [0.5, 0.6) is 0 Å². The Morgan fingerprint density at radius 3 is 2.56 bits per heavy atom. The van der Waals surface area contributed by atoms with Crippen molar-refractivity contribution >= 4 is 40.7 Å². The molecule has 0 fully saturated rings. The van der Waals surface area contributed by atoms with Crippen molar-refractivity contribution < 1.29 is 9.59 Å². The molecule has 0 aliphatic heterocycles. The summed E-state index contributed by atoms with van der Waals surface area (Å²) >= 11 is 11.9. The Hall–Kier alpha value is -2.11. The van der Waals surface area contributed by atoms with Crippen LogP contribution in [-0.2, 0) is 0 Å². The van der Waals surface area contributed by atoms with Gasteiger partial charge in [-0.15, -0.1) is 0 Å². The highest BCUT2D eigenvalue weighted by Crippen LogP contribution is 2.25. The highest BCUT2D eigenvalue weighted by atomic mass is 35.5. The van der Waals surface area contributed by atoms with Crippen LogP contribution < -0.4 is 10.6 Å². The summed E-state index contributed by atoms with van der Waals surface area (Å²) in [5, 5.41) is 6.28. The number of rotatable bonds is 6. The number of hydrogen-bond donors (Lipinski definition) is 2. The van der Waals surface area contributed by atoms with Gasteiger partial charge >= 0.3 is 0 Å². The predicted octanol–water partition coefficient (Wildman–Crippen LogP) is 4.42. The molecule has 0 saturated heterocycles. The van der Waals surface area contributed by atoms with Gasteiger partial charge in [-0.25, -0.2) is 0 Å². The Bertz CT molecular complexity index is 779. The molecule has 0 bridgehead atoms. The fourth-order valence-corrected chi connectivity index (χ4v) is 2.51. The number of nitrogens with zero attached hydrogens (tertiary/aromatic N) is 1. The first kappa shape index (κ1) is 19.2. The Morgan fingerprint density at radius 2 is 1.88 bits per heavy atom. The van der Waals surface area contributed by atoms with Gasteiger partial charge in [0.15, 0.2) is 0 Å². The number of anilines is 1. The Kier molecular flexibility index (Phi) is 6.79. The van der Waals surface area contributed by atoms with Crippen LogP contribution in [0.3, 0.4) is 0 Å². The van der Waals surface area contributed by atoms with Gasteiger partial charge in [0.25, 0.3) is 11.8 Å². The third-order valence-corrected chi connectivity index (χ3v) is 3.99. The molecule has 2 aromatic rings. The number of benzene rings is 1. The summed E-state index contributed by atoms with van der Waals surface area (Å²) < 4.78 is 0. The van der Waals surface area contributed by atoms with Crippen molar-refractivity contribution in [2.24, 2.45) is 5.92 Å². The second-order valence-corrected chi connectivity index (χ2v) is 6.79. The van der Waals surface area contributed by atoms with Crippen LogP contribution in [0.2, 0.25) is 10.0 Å². The van der Waals surface area contributed by atoms with E-state index in [1.54, 1.807) is 18.2 Å². The van der Waals surface area contributed by atoms with Crippen molar-refractivity contribution in [1.29, 1.82) is 0 Å². The zero-order valence-corrected chi connectivity index (χ0v) is 15.5. The van der Waals surface area contributed by atoms with Gasteiger partial charge in [0, 0.05) is 23.3 Å². The summed E-state index contributed by atoms with van der Waals surface area (Å²) in [5.74, 6) is -0.189. The SMILES string of the molecule is CC(C)CCNC(=O)c1ccnc(C(=O)Nc2ccc(Cl)cc2Cl)c1. The summed E-state index contributed by atoms with van der Waals surface area (Å²) in [4.78, 5) is 28.5. The van der Waals surface area contributed by atoms with Crippen LogP contribution >= 0.6 is 23.2 Å². The molecule has 2 amide bonds. The molecule has 0 radical (unpaired) electrons. The first-order valence-electron chi connectivity index (χ1n) is 7.87. The van der Waals surface area contributed by atoms with E-state index in [2.05, 4.69) is 29.5 Å². The maximum atomic E-state index is 12.3. The standard InChI is InChI=1S/C18H19Cl2N3O2/c1-11(2)5-7-22-17(24)12-6-8-21-16(9-12)18(25)23-15-4-3-13(19)10-14(15)20/h3-4,6,8-11H,5,7H2,1-2H3,(H,22,24)(H,23,25). The second-order valence-electron chi connectivity index (χ2n) is 5.95. The number of nitrogens with one attached hydrogen (secondary N) is 2. The first-order valence-corrected chi connectivity index (χ1v) is 8.63. The highest BCUT2D eigenvalue weighted by Gasteiger charge is 2.13. The monoisotopic (exact) mass is 379 g/mol. The van der Waals surface area contributed by atoms with Crippen molar-refractivity contribution in [1.82, 2.24) is 10.3 Å². The molecular formula is C18H19Cl2N3O2. The number of amides is 2. The van der Waals surface area contributed by atoms with E-state index < -0.39 is 5.91 Å². The predicted molar refractivity (Wildman–Crippen MR) is 100 cm³/mol. The van der Waals surface area contributed by atoms with Gasteiger partial charge in [0.2, 0.25) is 0 Å². The molecule has 25 heavy (non-hydrogen) atoms. The van der Waals surface area contributed by atoms with Gasteiger partial charge in [0.1, 0.15) is 5.69 Å². The molecular weight excluding hydrogens is 361 g/mol. The van der Waals surface area contributed by atoms with E-state index in [9.17, 15) is 9.59 Å². The van der Waals surface area contributed by atoms with Gasteiger partial charge in [-0.05, 0) is 42.7 Å². The van der Waals surface area contributed by atoms with E-state index in [1.165, 1.54) is 18.3 Å². The van der Waals surface area contributed by atoms with Crippen molar-refractivity contribution in [3.63, 3.8) is 0 Å². The van der Waals surface area contributed by atoms with Crippen LogP contribution in [0.25, 0.3) is 0 Å². The molecule has 2 N–H and O–H groups in total. The Balaban J connectivity index is 2.06. The zero-order valence-electron chi connectivity index (χ0n) is 14.0. The van der Waals surface area contributed by atoms with Crippen LogP contribution in [-0.4, -0.2) is 23.3 Å². The van der Waals surface area contributed by atoms with Crippen LogP contribution in [0, 0.1) is 5.92 Å². The minimum Gasteiger partial charge on any atom is -0.352 e. The largest absolute Gasteiger partial charge is 0.352 e. The lowest BCUT2D eigenvalue weighted by atomic mass is 10.1. The Labute approximate surface area is 156 Å². The van der Waals surface area contributed by atoms with Crippen LogP contribution in [0.15, 0.2) is 36.5 Å². The Morgan fingerprint density at radius 1 is 1.12 bits per heavy atom. The van der Waals surface area contributed by atoms with E-state index >= 15 is 0 Å². The summed E-state index contributed by atoms with van der Waals surface area (Å²) in [6.45, 7) is 4.76. The van der Waals surface area contributed by atoms with Gasteiger partial charge < -0.3 is 10.6 Å². The fraction of sp³-hybridized carbons (Fsp3) is 0.278. The summed E-state index contributed by atoms with van der Waals surface area (Å²) in [6, 6.07) is 7.77. The van der Waals surface area contributed by atoms with Gasteiger partial charge in [-0.1, -0.05) is 37.0 Å². The minimum absolute atomic E-state index is 0.127. The fourth-order valence-electron chi connectivity index (χ4n) is 2.05. The normalized spacial score (nSPS) is 10.6. The van der Waals surface area contributed by atoms with Crippen molar-refractivity contribution in [2.75, 3.05) is 11.9 Å². The molecule has 0 aliphatic rings. The molecule has 1 heterocycles. The van der Waals surface area contributed by atoms with Crippen molar-refractivity contribution in [3.8, 4) is 0 Å². The van der Waals surface area contributed by atoms with Gasteiger partial charge in [-0.2, -0.15) is 0 Å². The number of pyridine rings is 1. The van der Waals surface area contributed by atoms with Crippen LogP contribution in [0.1, 0.15) is 41.1 Å². The molecule has 1 aromatic carbocycles. The quantitative estimate of drug-likeness (QED) is 0.780. The average molecular weight is 380 g/mol. The molecule has 132 valence electrons. The topological polar surface area (TPSA) is 71.1 Å². The van der Waals surface area contributed by atoms with Crippen molar-refractivity contribution in [3.05, 3.63) is 57.8 Å². The molecule has 2 rings (SSSR count). The lowest BCUT2D eigenvalue weighted by Gasteiger charge is -2.09. The first-order chi connectivity index (χ1) is 11.9. The van der Waals surface area contributed by atoms with Gasteiger partial charge in [0.05, 0.1) is 10.7 Å². The maximum absolute atomic E-state index is 12.3. The van der Waals surface area contributed by atoms with E-state index in [0.717, 1.165) is 6.42 Å². The summed E-state index contributed by atoms with van der Waals surface area (Å²) in [7, 11) is 0. The lowest BCUT2D eigenvalue weighted by molar-refractivity contribution is 0.0952. The van der Waals surface area contributed by atoms with Crippen molar-refractivity contribution in [2.45, 2.75) is 20.3 Å². The second kappa shape index (κ2) is 8.83. The minimum atomic E-state index is -0.457. The lowest BCUT2D eigenvalue weighted by Crippen LogP contribution is -2.26. The highest BCUT2D eigenvalue weighted by molar-refractivity contribution is 6.36. The number of halogens is 2. The number of aromatic nitrogens is 1.